The molecule has 0 aliphatic rings. The van der Waals surface area contributed by atoms with Crippen molar-refractivity contribution in [2.24, 2.45) is 16.7 Å². The third-order valence-corrected chi connectivity index (χ3v) is 3.97. The molecular formula is C22H42O4. The summed E-state index contributed by atoms with van der Waals surface area (Å²) in [7, 11) is 0. The van der Waals surface area contributed by atoms with Gasteiger partial charge in [0.05, 0.1) is 25.6 Å². The molecule has 0 saturated heterocycles. The Morgan fingerprint density at radius 3 is 1.81 bits per heavy atom. The van der Waals surface area contributed by atoms with Crippen LogP contribution in [0.5, 0.6) is 0 Å². The maximum atomic E-state index is 12.5. The fourth-order valence-electron chi connectivity index (χ4n) is 2.44. The van der Waals surface area contributed by atoms with Crippen molar-refractivity contribution < 1.29 is 19.1 Å². The molecule has 0 heterocycles. The standard InChI is InChI=1S/C22H42O4/c1-8-9-10-11-12-13-14-18(20(24)26-17-22(5,6)7)15-19(23)25-16-21(2,3)4/h18H,8-17H2,1-7H3. The third-order valence-electron chi connectivity index (χ3n) is 3.97. The van der Waals surface area contributed by atoms with Crippen LogP contribution in [-0.2, 0) is 19.1 Å². The Balaban J connectivity index is 4.51. The molecule has 0 rings (SSSR count). The largest absolute Gasteiger partial charge is 0.465 e. The average Bonchev–Trinajstić information content (AvgIpc) is 2.51. The second kappa shape index (κ2) is 12.3. The van der Waals surface area contributed by atoms with Crippen LogP contribution in [0.1, 0.15) is 99.8 Å². The van der Waals surface area contributed by atoms with Crippen LogP contribution in [0.3, 0.4) is 0 Å². The maximum absolute atomic E-state index is 12.5. The normalized spacial score (nSPS) is 13.3. The Hall–Kier alpha value is -1.06. The molecule has 0 saturated carbocycles. The minimum Gasteiger partial charge on any atom is -0.465 e. The smallest absolute Gasteiger partial charge is 0.309 e. The van der Waals surface area contributed by atoms with E-state index in [4.69, 9.17) is 9.47 Å². The van der Waals surface area contributed by atoms with Crippen LogP contribution < -0.4 is 0 Å². The first kappa shape index (κ1) is 24.9. The first-order valence-electron chi connectivity index (χ1n) is 10.3. The van der Waals surface area contributed by atoms with Gasteiger partial charge in [-0.1, -0.05) is 87.0 Å². The van der Waals surface area contributed by atoms with Crippen LogP contribution in [0.4, 0.5) is 0 Å². The number of ether oxygens (including phenoxy) is 2. The molecule has 0 N–H and O–H groups in total. The summed E-state index contributed by atoms with van der Waals surface area (Å²) >= 11 is 0. The summed E-state index contributed by atoms with van der Waals surface area (Å²) in [4.78, 5) is 24.6. The Bertz CT molecular complexity index is 401. The van der Waals surface area contributed by atoms with Gasteiger partial charge in [0, 0.05) is 0 Å². The van der Waals surface area contributed by atoms with Crippen LogP contribution in [0.25, 0.3) is 0 Å². The number of rotatable bonds is 12. The predicted molar refractivity (Wildman–Crippen MR) is 107 cm³/mol. The number of esters is 2. The number of carbonyl (C=O) groups is 2. The molecule has 0 aliphatic carbocycles. The molecule has 0 aromatic carbocycles. The lowest BCUT2D eigenvalue weighted by Crippen LogP contribution is -2.27. The SMILES string of the molecule is CCCCCCCCC(CC(=O)OCC(C)(C)C)C(=O)OCC(C)(C)C. The van der Waals surface area contributed by atoms with Gasteiger partial charge in [0.2, 0.25) is 0 Å². The Labute approximate surface area is 161 Å². The monoisotopic (exact) mass is 370 g/mol. The molecule has 154 valence electrons. The van der Waals surface area contributed by atoms with Gasteiger partial charge in [0.25, 0.3) is 0 Å². The summed E-state index contributed by atoms with van der Waals surface area (Å²) in [5.74, 6) is -0.958. The van der Waals surface area contributed by atoms with E-state index in [1.54, 1.807) is 0 Å². The van der Waals surface area contributed by atoms with Gasteiger partial charge in [-0.25, -0.2) is 0 Å². The van der Waals surface area contributed by atoms with Crippen molar-refractivity contribution in [1.29, 1.82) is 0 Å². The number of hydrogen-bond acceptors (Lipinski definition) is 4. The lowest BCUT2D eigenvalue weighted by molar-refractivity contribution is -0.158. The fourth-order valence-corrected chi connectivity index (χ4v) is 2.44. The van der Waals surface area contributed by atoms with E-state index in [1.807, 2.05) is 41.5 Å². The van der Waals surface area contributed by atoms with E-state index < -0.39 is 5.92 Å². The lowest BCUT2D eigenvalue weighted by atomic mass is 9.95. The first-order chi connectivity index (χ1) is 11.9. The van der Waals surface area contributed by atoms with Gasteiger partial charge in [-0.3, -0.25) is 9.59 Å². The fraction of sp³-hybridized carbons (Fsp3) is 0.909. The van der Waals surface area contributed by atoms with Crippen molar-refractivity contribution in [3.05, 3.63) is 0 Å². The van der Waals surface area contributed by atoms with Crippen LogP contribution in [-0.4, -0.2) is 25.2 Å². The number of hydrogen-bond donors (Lipinski definition) is 0. The molecule has 4 heteroatoms. The van der Waals surface area contributed by atoms with E-state index in [2.05, 4.69) is 6.92 Å². The maximum Gasteiger partial charge on any atom is 0.309 e. The second-order valence-electron chi connectivity index (χ2n) is 9.85. The minimum absolute atomic E-state index is 0.0722. The zero-order valence-corrected chi connectivity index (χ0v) is 18.3. The molecule has 0 radical (unpaired) electrons. The summed E-state index contributed by atoms with van der Waals surface area (Å²) in [5.41, 5.74) is -0.149. The summed E-state index contributed by atoms with van der Waals surface area (Å²) in [6, 6.07) is 0. The summed E-state index contributed by atoms with van der Waals surface area (Å²) in [6.07, 6.45) is 7.77. The Kier molecular flexibility index (Phi) is 11.8. The van der Waals surface area contributed by atoms with E-state index in [0.717, 1.165) is 12.8 Å². The second-order valence-corrected chi connectivity index (χ2v) is 9.85. The van der Waals surface area contributed by atoms with Gasteiger partial charge < -0.3 is 9.47 Å². The number of unbranched alkanes of at least 4 members (excludes halogenated alkanes) is 5. The molecule has 4 nitrogen and oxygen atoms in total. The molecular weight excluding hydrogens is 328 g/mol. The van der Waals surface area contributed by atoms with Crippen molar-refractivity contribution in [1.82, 2.24) is 0 Å². The van der Waals surface area contributed by atoms with Crippen molar-refractivity contribution in [2.75, 3.05) is 13.2 Å². The molecule has 0 spiro atoms. The van der Waals surface area contributed by atoms with Crippen molar-refractivity contribution in [3.63, 3.8) is 0 Å². The van der Waals surface area contributed by atoms with Gasteiger partial charge in [-0.05, 0) is 17.3 Å². The van der Waals surface area contributed by atoms with Gasteiger partial charge in [0.15, 0.2) is 0 Å². The van der Waals surface area contributed by atoms with Crippen LogP contribution >= 0.6 is 0 Å². The van der Waals surface area contributed by atoms with E-state index >= 15 is 0 Å². The minimum atomic E-state index is -0.393. The first-order valence-corrected chi connectivity index (χ1v) is 10.3. The summed E-state index contributed by atoms with van der Waals surface area (Å²) in [5, 5.41) is 0. The highest BCUT2D eigenvalue weighted by Gasteiger charge is 2.26. The topological polar surface area (TPSA) is 52.6 Å². The highest BCUT2D eigenvalue weighted by Crippen LogP contribution is 2.21. The zero-order valence-electron chi connectivity index (χ0n) is 18.3. The predicted octanol–water partition coefficient (Wildman–Crippen LogP) is 5.92. The van der Waals surface area contributed by atoms with E-state index in [0.29, 0.717) is 19.6 Å². The van der Waals surface area contributed by atoms with E-state index in [-0.39, 0.29) is 29.2 Å². The van der Waals surface area contributed by atoms with Crippen molar-refractivity contribution in [2.45, 2.75) is 99.8 Å². The Morgan fingerprint density at radius 1 is 0.769 bits per heavy atom. The highest BCUT2D eigenvalue weighted by molar-refractivity contribution is 5.80. The quantitative estimate of drug-likeness (QED) is 0.316. The molecule has 0 aliphatic heterocycles. The highest BCUT2D eigenvalue weighted by atomic mass is 16.5. The van der Waals surface area contributed by atoms with Crippen molar-refractivity contribution >= 4 is 11.9 Å². The van der Waals surface area contributed by atoms with Crippen LogP contribution in [0, 0.1) is 16.7 Å². The van der Waals surface area contributed by atoms with Gasteiger partial charge in [0.1, 0.15) is 0 Å². The number of carbonyl (C=O) groups excluding carboxylic acids is 2. The van der Waals surface area contributed by atoms with Gasteiger partial charge in [-0.15, -0.1) is 0 Å². The van der Waals surface area contributed by atoms with Gasteiger partial charge in [-0.2, -0.15) is 0 Å². The zero-order chi connectivity index (χ0) is 20.2. The molecule has 0 aromatic rings. The van der Waals surface area contributed by atoms with Crippen molar-refractivity contribution in [3.8, 4) is 0 Å². The molecule has 0 aromatic heterocycles. The van der Waals surface area contributed by atoms with Gasteiger partial charge >= 0.3 is 11.9 Å². The molecule has 0 bridgehead atoms. The lowest BCUT2D eigenvalue weighted by Gasteiger charge is -2.22. The third kappa shape index (κ3) is 15.2. The van der Waals surface area contributed by atoms with E-state index in [1.165, 1.54) is 25.7 Å². The average molecular weight is 371 g/mol. The van der Waals surface area contributed by atoms with Crippen LogP contribution in [0.2, 0.25) is 0 Å². The van der Waals surface area contributed by atoms with E-state index in [9.17, 15) is 9.59 Å². The van der Waals surface area contributed by atoms with Crippen LogP contribution in [0.15, 0.2) is 0 Å². The molecule has 0 amide bonds. The summed E-state index contributed by atoms with van der Waals surface area (Å²) < 4.78 is 10.8. The Morgan fingerprint density at radius 2 is 1.27 bits per heavy atom. The molecule has 0 fully saturated rings. The summed E-state index contributed by atoms with van der Waals surface area (Å²) in [6.45, 7) is 15.1. The molecule has 1 atom stereocenters. The molecule has 1 unspecified atom stereocenters. The molecule has 26 heavy (non-hydrogen) atoms.